The average molecular weight is 569 g/mol. The van der Waals surface area contributed by atoms with E-state index in [-0.39, 0.29) is 28.4 Å². The van der Waals surface area contributed by atoms with Crippen molar-refractivity contribution in [3.8, 4) is 0 Å². The van der Waals surface area contributed by atoms with Gasteiger partial charge in [0.2, 0.25) is 0 Å². The summed E-state index contributed by atoms with van der Waals surface area (Å²) in [5, 5.41) is 3.37. The van der Waals surface area contributed by atoms with Gasteiger partial charge >= 0.3 is 6.18 Å². The first kappa shape index (κ1) is 28.1. The Morgan fingerprint density at radius 1 is 1.11 bits per heavy atom. The fraction of sp³-hybridized carbons (Fsp3) is 0.400. The fourth-order valence-corrected chi connectivity index (χ4v) is 4.87. The number of para-hydroxylation sites is 1. The zero-order valence-corrected chi connectivity index (χ0v) is 22.5. The van der Waals surface area contributed by atoms with E-state index in [0.29, 0.717) is 50.1 Å². The number of carbonyl (C=O) groups is 1. The third-order valence-electron chi connectivity index (χ3n) is 5.85. The van der Waals surface area contributed by atoms with Crippen molar-refractivity contribution in [2.75, 3.05) is 63.2 Å². The van der Waals surface area contributed by atoms with Crippen molar-refractivity contribution < 1.29 is 22.4 Å². The molecule has 2 aromatic heterocycles. The number of furan rings is 1. The molecule has 0 saturated carbocycles. The summed E-state index contributed by atoms with van der Waals surface area (Å²) in [6.07, 6.45) is -4.62. The largest absolute Gasteiger partial charge is 0.455 e. The molecule has 1 saturated heterocycles. The van der Waals surface area contributed by atoms with E-state index in [0.717, 1.165) is 23.5 Å². The monoisotopic (exact) mass is 568 g/mol. The Labute approximate surface area is 228 Å². The van der Waals surface area contributed by atoms with Crippen molar-refractivity contribution in [2.24, 2.45) is 0 Å². The number of amides is 1. The van der Waals surface area contributed by atoms with Crippen LogP contribution in [-0.4, -0.2) is 74.1 Å². The van der Waals surface area contributed by atoms with Crippen molar-refractivity contribution >= 4 is 40.8 Å². The van der Waals surface area contributed by atoms with Gasteiger partial charge < -0.3 is 24.4 Å². The van der Waals surface area contributed by atoms with E-state index in [1.165, 1.54) is 6.07 Å². The van der Waals surface area contributed by atoms with E-state index < -0.39 is 11.9 Å². The standard InChI is InChI=1S/C25H28ClF3N6O2S/c1-33(2)10-9-30-23(36)20-8-7-17(37-20)16-38-24-31-21(25(27,28)29)15-22(32-24)35-13-11-34(12-14-35)19-6-4-3-5-18(19)26/h3-8,15H,9-14,16H2,1-2H3,(H,30,36). The number of alkyl halides is 3. The van der Waals surface area contributed by atoms with Gasteiger partial charge in [0.15, 0.2) is 16.6 Å². The Hall–Kier alpha value is -2.96. The number of likely N-dealkylation sites (N-methyl/N-ethyl adjacent to an activating group) is 1. The van der Waals surface area contributed by atoms with Gasteiger partial charge in [-0.25, -0.2) is 9.97 Å². The lowest BCUT2D eigenvalue weighted by molar-refractivity contribution is -0.141. The molecule has 3 heterocycles. The first-order chi connectivity index (χ1) is 18.1. The van der Waals surface area contributed by atoms with Gasteiger partial charge in [-0.1, -0.05) is 35.5 Å². The number of rotatable bonds is 9. The summed E-state index contributed by atoms with van der Waals surface area (Å²) in [4.78, 5) is 26.2. The van der Waals surface area contributed by atoms with Gasteiger partial charge in [0, 0.05) is 45.3 Å². The van der Waals surface area contributed by atoms with E-state index in [9.17, 15) is 18.0 Å². The number of anilines is 2. The normalized spacial score (nSPS) is 14.3. The molecule has 0 aliphatic carbocycles. The number of halogens is 4. The highest BCUT2D eigenvalue weighted by molar-refractivity contribution is 7.98. The van der Waals surface area contributed by atoms with Crippen LogP contribution in [-0.2, 0) is 11.9 Å². The molecule has 1 fully saturated rings. The molecule has 0 atom stereocenters. The molecule has 8 nitrogen and oxygen atoms in total. The molecule has 38 heavy (non-hydrogen) atoms. The number of nitrogens with zero attached hydrogens (tertiary/aromatic N) is 5. The number of piperazine rings is 1. The summed E-state index contributed by atoms with van der Waals surface area (Å²) in [6.45, 7) is 3.28. The molecule has 204 valence electrons. The van der Waals surface area contributed by atoms with Crippen molar-refractivity contribution in [3.63, 3.8) is 0 Å². The summed E-state index contributed by atoms with van der Waals surface area (Å²) >= 11 is 7.32. The van der Waals surface area contributed by atoms with Crippen LogP contribution < -0.4 is 15.1 Å². The Morgan fingerprint density at radius 3 is 2.50 bits per heavy atom. The lowest BCUT2D eigenvalue weighted by Gasteiger charge is -2.37. The second kappa shape index (κ2) is 12.3. The van der Waals surface area contributed by atoms with Crippen molar-refractivity contribution in [1.29, 1.82) is 0 Å². The predicted molar refractivity (Wildman–Crippen MR) is 142 cm³/mol. The summed E-state index contributed by atoms with van der Waals surface area (Å²) in [7, 11) is 3.80. The van der Waals surface area contributed by atoms with Gasteiger partial charge in [-0.15, -0.1) is 0 Å². The maximum absolute atomic E-state index is 13.6. The third-order valence-corrected chi connectivity index (χ3v) is 7.04. The highest BCUT2D eigenvalue weighted by atomic mass is 35.5. The van der Waals surface area contributed by atoms with E-state index in [2.05, 4.69) is 20.2 Å². The smallest absolute Gasteiger partial charge is 0.433 e. The summed E-state index contributed by atoms with van der Waals surface area (Å²) in [6, 6.07) is 11.6. The fourth-order valence-electron chi connectivity index (χ4n) is 3.86. The lowest BCUT2D eigenvalue weighted by atomic mass is 10.2. The molecule has 4 rings (SSSR count). The molecular weight excluding hydrogens is 541 g/mol. The van der Waals surface area contributed by atoms with Gasteiger partial charge in [-0.2, -0.15) is 13.2 Å². The van der Waals surface area contributed by atoms with Crippen molar-refractivity contribution in [2.45, 2.75) is 17.1 Å². The molecule has 13 heteroatoms. The number of aromatic nitrogens is 2. The zero-order chi connectivity index (χ0) is 27.3. The van der Waals surface area contributed by atoms with Crippen LogP contribution in [0.15, 0.2) is 52.0 Å². The maximum Gasteiger partial charge on any atom is 0.433 e. The van der Waals surface area contributed by atoms with E-state index in [1.807, 2.05) is 48.2 Å². The van der Waals surface area contributed by atoms with Crippen LogP contribution in [0.25, 0.3) is 0 Å². The van der Waals surface area contributed by atoms with Gasteiger partial charge in [-0.3, -0.25) is 4.79 Å². The molecule has 1 amide bonds. The van der Waals surface area contributed by atoms with E-state index in [4.69, 9.17) is 16.0 Å². The summed E-state index contributed by atoms with van der Waals surface area (Å²) < 4.78 is 46.5. The first-order valence-electron chi connectivity index (χ1n) is 12.0. The molecule has 3 aromatic rings. The third kappa shape index (κ3) is 7.33. The molecule has 0 bridgehead atoms. The minimum atomic E-state index is -4.62. The number of hydrogen-bond acceptors (Lipinski definition) is 8. The zero-order valence-electron chi connectivity index (χ0n) is 21.0. The van der Waals surface area contributed by atoms with Gasteiger partial charge in [0.25, 0.3) is 5.91 Å². The van der Waals surface area contributed by atoms with E-state index >= 15 is 0 Å². The molecular formula is C25H28ClF3N6O2S. The molecule has 0 radical (unpaired) electrons. The van der Waals surface area contributed by atoms with Crippen molar-refractivity contribution in [1.82, 2.24) is 20.2 Å². The van der Waals surface area contributed by atoms with Crippen LogP contribution in [0.2, 0.25) is 5.02 Å². The van der Waals surface area contributed by atoms with Crippen molar-refractivity contribution in [3.05, 3.63) is 64.7 Å². The predicted octanol–water partition coefficient (Wildman–Crippen LogP) is 4.65. The number of nitrogens with one attached hydrogen (secondary N) is 1. The summed E-state index contributed by atoms with van der Waals surface area (Å²) in [5.41, 5.74) is -0.105. The van der Waals surface area contributed by atoms with Gasteiger partial charge in [-0.05, 0) is 38.4 Å². The number of carbonyl (C=O) groups excluding carboxylic acids is 1. The Balaban J connectivity index is 1.42. The first-order valence-corrected chi connectivity index (χ1v) is 13.3. The minimum absolute atomic E-state index is 0.0169. The molecule has 1 aliphatic rings. The maximum atomic E-state index is 13.6. The SMILES string of the molecule is CN(C)CCNC(=O)c1ccc(CSc2nc(N3CCN(c4ccccc4Cl)CC3)cc(C(F)(F)F)n2)o1. The second-order valence-electron chi connectivity index (χ2n) is 8.93. The topological polar surface area (TPSA) is 77.7 Å². The van der Waals surface area contributed by atoms with Crippen LogP contribution in [0.5, 0.6) is 0 Å². The van der Waals surface area contributed by atoms with Gasteiger partial charge in [0.1, 0.15) is 11.6 Å². The summed E-state index contributed by atoms with van der Waals surface area (Å²) in [5.74, 6) is 0.613. The minimum Gasteiger partial charge on any atom is -0.455 e. The van der Waals surface area contributed by atoms with Crippen LogP contribution in [0.1, 0.15) is 22.0 Å². The Kier molecular flexibility index (Phi) is 9.06. The van der Waals surface area contributed by atoms with E-state index in [1.54, 1.807) is 6.07 Å². The molecule has 0 unspecified atom stereocenters. The lowest BCUT2D eigenvalue weighted by Crippen LogP contribution is -2.47. The molecule has 1 N–H and O–H groups in total. The van der Waals surface area contributed by atoms with Crippen LogP contribution in [0.3, 0.4) is 0 Å². The van der Waals surface area contributed by atoms with Crippen LogP contribution in [0, 0.1) is 0 Å². The molecule has 0 spiro atoms. The van der Waals surface area contributed by atoms with Crippen LogP contribution in [0.4, 0.5) is 24.7 Å². The number of hydrogen-bond donors (Lipinski definition) is 1. The van der Waals surface area contributed by atoms with Gasteiger partial charge in [0.05, 0.1) is 16.5 Å². The highest BCUT2D eigenvalue weighted by Crippen LogP contribution is 2.33. The number of benzene rings is 1. The quantitative estimate of drug-likeness (QED) is 0.295. The molecule has 1 aliphatic heterocycles. The Morgan fingerprint density at radius 2 is 1.82 bits per heavy atom. The van der Waals surface area contributed by atoms with Crippen LogP contribution >= 0.6 is 23.4 Å². The number of thioether (sulfide) groups is 1. The highest BCUT2D eigenvalue weighted by Gasteiger charge is 2.34. The Bertz CT molecular complexity index is 1250. The average Bonchev–Trinajstić information content (AvgIpc) is 3.36. The second-order valence-corrected chi connectivity index (χ2v) is 10.3. The molecule has 1 aromatic carbocycles.